The van der Waals surface area contributed by atoms with Gasteiger partial charge in [-0.2, -0.15) is 0 Å². The summed E-state index contributed by atoms with van der Waals surface area (Å²) in [6, 6.07) is 76.7. The lowest BCUT2D eigenvalue weighted by Crippen LogP contribution is -2.17. The molecule has 3 heterocycles. The number of hydrogen-bond acceptors (Lipinski definition) is 7. The molecule has 0 saturated heterocycles. The predicted octanol–water partition coefficient (Wildman–Crippen LogP) is 20.6. The van der Waals surface area contributed by atoms with E-state index >= 15 is 0 Å². The number of ether oxygens (including phenoxy) is 2. The zero-order chi connectivity index (χ0) is 64.4. The van der Waals surface area contributed by atoms with Crippen molar-refractivity contribution in [3.05, 3.63) is 269 Å². The van der Waals surface area contributed by atoms with Gasteiger partial charge in [0.2, 0.25) is 0 Å². The van der Waals surface area contributed by atoms with Crippen LogP contribution in [0.3, 0.4) is 0 Å². The van der Waals surface area contributed by atoms with Crippen molar-refractivity contribution in [3.8, 4) is 56.7 Å². The van der Waals surface area contributed by atoms with Crippen LogP contribution in [-0.2, 0) is 44.3 Å². The molecule has 3 aromatic heterocycles. The Hall–Kier alpha value is -10.3. The number of esters is 2. The van der Waals surface area contributed by atoms with E-state index in [1.807, 2.05) is 109 Å². The Balaban J connectivity index is 1.06. The first-order chi connectivity index (χ1) is 43.9. The second-order valence-electron chi connectivity index (χ2n) is 28.4. The first kappa shape index (κ1) is 60.6. The molecule has 9 heteroatoms. The van der Waals surface area contributed by atoms with Gasteiger partial charge in [0.25, 0.3) is 0 Å². The minimum absolute atomic E-state index is 0.162. The van der Waals surface area contributed by atoms with Crippen molar-refractivity contribution in [1.82, 2.24) is 24.1 Å². The molecule has 0 N–H and O–H groups in total. The minimum Gasteiger partial charge on any atom is -0.457 e. The molecular weight excluding hydrogens is 1130 g/mol. The molecule has 0 bridgehead atoms. The highest BCUT2D eigenvalue weighted by Gasteiger charge is 2.28. The first-order valence-corrected chi connectivity index (χ1v) is 31.8. The summed E-state index contributed by atoms with van der Waals surface area (Å²) in [4.78, 5) is 44.5. The van der Waals surface area contributed by atoms with Crippen LogP contribution in [0.25, 0.3) is 100 Å². The van der Waals surface area contributed by atoms with Crippen molar-refractivity contribution in [3.63, 3.8) is 0 Å². The molecule has 0 aliphatic rings. The molecule has 0 fully saturated rings. The topological polar surface area (TPSA) is 101 Å². The average Bonchev–Trinajstić information content (AvgIpc) is 1.56. The SMILES string of the molecule is CC(C)(C)c1cc(-c2nc(-c3cc(C(C)(C)C)cc(C(C)(C)C)c3)nc(-c3ccc(-n4c5ccccc5c5cc(C(=O)OCc6ccccc6)ccc54)c(-c4ccccc4-n4c5ccccc5c5cc(C(=O)OCc6ccccc6)ccc54)c3)n2)cc(C(C)(C)C)c1. The van der Waals surface area contributed by atoms with Gasteiger partial charge >= 0.3 is 11.9 Å². The molecule has 0 spiro atoms. The molecule has 0 aliphatic carbocycles. The maximum atomic E-state index is 14.0. The highest BCUT2D eigenvalue weighted by atomic mass is 16.5. The van der Waals surface area contributed by atoms with Gasteiger partial charge in [-0.1, -0.05) is 210 Å². The van der Waals surface area contributed by atoms with E-state index in [4.69, 9.17) is 24.4 Å². The van der Waals surface area contributed by atoms with Crippen molar-refractivity contribution in [2.45, 2.75) is 118 Å². The Morgan fingerprint density at radius 3 is 1.11 bits per heavy atom. The van der Waals surface area contributed by atoms with Crippen molar-refractivity contribution in [2.24, 2.45) is 0 Å². The maximum Gasteiger partial charge on any atom is 0.338 e. The van der Waals surface area contributed by atoms with Gasteiger partial charge in [-0.05, 0) is 152 Å². The molecule has 0 saturated carbocycles. The van der Waals surface area contributed by atoms with Gasteiger partial charge in [-0.15, -0.1) is 0 Å². The number of nitrogens with zero attached hydrogens (tertiary/aromatic N) is 5. The normalized spacial score (nSPS) is 12.3. The molecule has 0 radical (unpaired) electrons. The summed E-state index contributed by atoms with van der Waals surface area (Å²) >= 11 is 0. The monoisotopic (exact) mass is 1210 g/mol. The van der Waals surface area contributed by atoms with E-state index in [-0.39, 0.29) is 34.9 Å². The molecule has 0 unspecified atom stereocenters. The molecule has 92 heavy (non-hydrogen) atoms. The lowest BCUT2D eigenvalue weighted by Gasteiger charge is -2.26. The van der Waals surface area contributed by atoms with Crippen LogP contribution >= 0.6 is 0 Å². The van der Waals surface area contributed by atoms with Crippen molar-refractivity contribution < 1.29 is 19.1 Å². The van der Waals surface area contributed by atoms with Crippen molar-refractivity contribution >= 4 is 55.6 Å². The van der Waals surface area contributed by atoms with Crippen LogP contribution in [-0.4, -0.2) is 36.0 Å². The van der Waals surface area contributed by atoms with Gasteiger partial charge in [-0.3, -0.25) is 0 Å². The number of carbonyl (C=O) groups excluding carboxylic acids is 2. The van der Waals surface area contributed by atoms with Gasteiger partial charge in [0.15, 0.2) is 17.5 Å². The third kappa shape index (κ3) is 11.9. The number of aromatic nitrogens is 5. The quantitative estimate of drug-likeness (QED) is 0.112. The maximum absolute atomic E-state index is 14.0. The standard InChI is InChI=1S/C83H77N5O4/c1-80(2,3)59-41-57(42-60(48-59)81(4,5)6)76-84-75(85-77(86-76)58-43-61(82(7,8)9)49-62(44-58)83(10,11)12)54-35-38-72(88-71-34-24-21-31-65(71)68-47-56(37-40-74(68)88)79(90)92-51-53-27-17-14-18-28-53)66(45-54)63-29-19-22-32-69(63)87-70-33-23-20-30-64(70)67-46-55(36-39-73(67)87)78(89)91-50-52-25-15-13-16-26-52/h13-49H,50-51H2,1-12H3. The second-order valence-corrected chi connectivity index (χ2v) is 28.4. The first-order valence-electron chi connectivity index (χ1n) is 31.8. The van der Waals surface area contributed by atoms with Gasteiger partial charge in [0.05, 0.1) is 44.6 Å². The lowest BCUT2D eigenvalue weighted by atomic mass is 9.79. The van der Waals surface area contributed by atoms with E-state index in [1.54, 1.807) is 0 Å². The summed E-state index contributed by atoms with van der Waals surface area (Å²) in [7, 11) is 0. The molecule has 458 valence electrons. The summed E-state index contributed by atoms with van der Waals surface area (Å²) in [5, 5.41) is 3.80. The number of hydrogen-bond donors (Lipinski definition) is 0. The molecule has 10 aromatic carbocycles. The van der Waals surface area contributed by atoms with E-state index in [2.05, 4.69) is 207 Å². The zero-order valence-corrected chi connectivity index (χ0v) is 54.6. The fourth-order valence-corrected chi connectivity index (χ4v) is 12.3. The molecule has 13 rings (SSSR count). The van der Waals surface area contributed by atoms with Gasteiger partial charge in [-0.25, -0.2) is 24.5 Å². The smallest absolute Gasteiger partial charge is 0.338 e. The molecule has 13 aromatic rings. The summed E-state index contributed by atoms with van der Waals surface area (Å²) < 4.78 is 16.4. The third-order valence-corrected chi connectivity index (χ3v) is 17.7. The number of para-hydroxylation sites is 3. The molecule has 0 aliphatic heterocycles. The Morgan fingerprint density at radius 1 is 0.326 bits per heavy atom. The van der Waals surface area contributed by atoms with Crippen molar-refractivity contribution in [2.75, 3.05) is 0 Å². The van der Waals surface area contributed by atoms with E-state index < -0.39 is 11.9 Å². The Kier molecular flexibility index (Phi) is 15.5. The Morgan fingerprint density at radius 2 is 0.685 bits per heavy atom. The van der Waals surface area contributed by atoms with Crippen molar-refractivity contribution in [1.29, 1.82) is 0 Å². The van der Waals surface area contributed by atoms with E-state index in [0.29, 0.717) is 28.6 Å². The van der Waals surface area contributed by atoms with Crippen LogP contribution in [0.5, 0.6) is 0 Å². The number of rotatable bonds is 12. The molecule has 0 atom stereocenters. The molecule has 9 nitrogen and oxygen atoms in total. The summed E-state index contributed by atoms with van der Waals surface area (Å²) in [6.45, 7) is 27.4. The molecule has 0 amide bonds. The average molecular weight is 1210 g/mol. The predicted molar refractivity (Wildman–Crippen MR) is 376 cm³/mol. The van der Waals surface area contributed by atoms with Gasteiger partial charge < -0.3 is 18.6 Å². The lowest BCUT2D eigenvalue weighted by molar-refractivity contribution is 0.0464. The third-order valence-electron chi connectivity index (χ3n) is 17.7. The number of carbonyl (C=O) groups is 2. The largest absolute Gasteiger partial charge is 0.457 e. The Bertz CT molecular complexity index is 4850. The summed E-state index contributed by atoms with van der Waals surface area (Å²) in [5.41, 5.74) is 16.9. The Labute approximate surface area is 539 Å². The van der Waals surface area contributed by atoms with E-state index in [9.17, 15) is 9.59 Å². The van der Waals surface area contributed by atoms with Crippen LogP contribution in [0.4, 0.5) is 0 Å². The number of fused-ring (bicyclic) bond motifs is 6. The van der Waals surface area contributed by atoms with E-state index in [0.717, 1.165) is 93.9 Å². The van der Waals surface area contributed by atoms with Crippen LogP contribution in [0.2, 0.25) is 0 Å². The second kappa shape index (κ2) is 23.5. The van der Waals surface area contributed by atoms with Gasteiger partial charge in [0.1, 0.15) is 13.2 Å². The zero-order valence-electron chi connectivity index (χ0n) is 54.6. The molecular formula is C83H77N5O4. The minimum atomic E-state index is -0.399. The number of benzene rings is 10. The fraction of sp³-hybridized carbons (Fsp3) is 0.217. The van der Waals surface area contributed by atoms with Crippen LogP contribution < -0.4 is 0 Å². The van der Waals surface area contributed by atoms with Crippen LogP contribution in [0.15, 0.2) is 224 Å². The summed E-state index contributed by atoms with van der Waals surface area (Å²) in [6.07, 6.45) is 0. The highest BCUT2D eigenvalue weighted by molar-refractivity contribution is 6.13. The van der Waals surface area contributed by atoms with Gasteiger partial charge in [0, 0.05) is 49.4 Å². The van der Waals surface area contributed by atoms with Crippen LogP contribution in [0.1, 0.15) is 137 Å². The highest BCUT2D eigenvalue weighted by Crippen LogP contribution is 2.44. The summed E-state index contributed by atoms with van der Waals surface area (Å²) in [5.74, 6) is 0.899. The van der Waals surface area contributed by atoms with E-state index in [1.165, 1.54) is 22.3 Å². The fourth-order valence-electron chi connectivity index (χ4n) is 12.3. The van der Waals surface area contributed by atoms with Crippen LogP contribution in [0, 0.1) is 0 Å².